The molecule has 0 aliphatic rings. The summed E-state index contributed by atoms with van der Waals surface area (Å²) in [4.78, 5) is 11.5. The smallest absolute Gasteiger partial charge is 0.313 e. The van der Waals surface area contributed by atoms with E-state index < -0.39 is 0 Å². The van der Waals surface area contributed by atoms with Crippen LogP contribution in [-0.2, 0) is 4.79 Å². The molecule has 0 unspecified atom stereocenters. The summed E-state index contributed by atoms with van der Waals surface area (Å²) in [5.74, 6) is 0.384. The summed E-state index contributed by atoms with van der Waals surface area (Å²) in [5, 5.41) is 9.71. The number of carbonyl (C=O) groups excluding carboxylic acids is 1. The average molecular weight is 252 g/mol. The van der Waals surface area contributed by atoms with Gasteiger partial charge < -0.3 is 9.84 Å². The monoisotopic (exact) mass is 252 g/mol. The van der Waals surface area contributed by atoms with E-state index in [1.165, 1.54) is 0 Å². The number of carbonyl (C=O) groups is 1. The Morgan fingerprint density at radius 1 is 1.17 bits per heavy atom. The molecule has 0 atom stereocenters. The minimum atomic E-state index is -0.257. The fourth-order valence-electron chi connectivity index (χ4n) is 1.36. The summed E-state index contributed by atoms with van der Waals surface area (Å²) in [6.45, 7) is 13.0. The summed E-state index contributed by atoms with van der Waals surface area (Å²) < 4.78 is 5.27. The lowest BCUT2D eigenvalue weighted by molar-refractivity contribution is -0.137. The largest absolute Gasteiger partial charge is 0.507 e. The highest BCUT2D eigenvalue weighted by atomic mass is 16.5. The molecule has 0 amide bonds. The molecular weight excluding hydrogens is 228 g/mol. The third kappa shape index (κ3) is 3.76. The molecule has 0 spiro atoms. The molecule has 0 aliphatic carbocycles. The molecule has 18 heavy (non-hydrogen) atoms. The lowest BCUT2D eigenvalue weighted by Gasteiger charge is -2.13. The normalized spacial score (nSPS) is 9.78. The van der Waals surface area contributed by atoms with Crippen LogP contribution in [0, 0.1) is 26.7 Å². The quantitative estimate of drug-likeness (QED) is 0.641. The maximum absolute atomic E-state index is 11.5. The minimum Gasteiger partial charge on any atom is -0.507 e. The van der Waals surface area contributed by atoms with Gasteiger partial charge in [0, 0.05) is 0 Å². The highest BCUT2D eigenvalue weighted by Crippen LogP contribution is 2.32. The van der Waals surface area contributed by atoms with Gasteiger partial charge in [-0.1, -0.05) is 27.7 Å². The van der Waals surface area contributed by atoms with Crippen LogP contribution >= 0.6 is 0 Å². The van der Waals surface area contributed by atoms with Crippen LogP contribution in [-0.4, -0.2) is 11.1 Å². The van der Waals surface area contributed by atoms with Crippen molar-refractivity contribution < 1.29 is 14.6 Å². The van der Waals surface area contributed by atoms with Gasteiger partial charge in [-0.2, -0.15) is 0 Å². The molecule has 0 saturated carbocycles. The van der Waals surface area contributed by atoms with Gasteiger partial charge in [-0.3, -0.25) is 4.79 Å². The molecular formula is C15H24O3. The maximum atomic E-state index is 11.5. The number of benzene rings is 1. The third-order valence-corrected chi connectivity index (χ3v) is 2.69. The number of phenolic OH excluding ortho intramolecular Hbond substituents is 1. The van der Waals surface area contributed by atoms with Crippen LogP contribution in [0.25, 0.3) is 0 Å². The number of aromatic hydroxyl groups is 1. The van der Waals surface area contributed by atoms with Gasteiger partial charge >= 0.3 is 5.97 Å². The van der Waals surface area contributed by atoms with Gasteiger partial charge in [0.05, 0.1) is 5.92 Å². The summed E-state index contributed by atoms with van der Waals surface area (Å²) in [6, 6.07) is 1.69. The molecule has 1 rings (SSSR count). The van der Waals surface area contributed by atoms with E-state index in [1.807, 2.05) is 27.7 Å². The molecule has 102 valence electrons. The number of phenols is 1. The van der Waals surface area contributed by atoms with Crippen LogP contribution in [0.15, 0.2) is 6.07 Å². The summed E-state index contributed by atoms with van der Waals surface area (Å²) in [7, 11) is 0. The maximum Gasteiger partial charge on any atom is 0.313 e. The van der Waals surface area contributed by atoms with Gasteiger partial charge in [-0.25, -0.2) is 0 Å². The highest BCUT2D eigenvalue weighted by molar-refractivity contribution is 5.75. The van der Waals surface area contributed by atoms with E-state index in [1.54, 1.807) is 26.8 Å². The first-order chi connectivity index (χ1) is 8.34. The van der Waals surface area contributed by atoms with Crippen molar-refractivity contribution in [2.24, 2.45) is 5.92 Å². The van der Waals surface area contributed by atoms with E-state index in [9.17, 15) is 9.90 Å². The molecule has 0 aliphatic heterocycles. The van der Waals surface area contributed by atoms with E-state index >= 15 is 0 Å². The van der Waals surface area contributed by atoms with Crippen molar-refractivity contribution >= 4 is 5.97 Å². The number of ether oxygens (including phenoxy) is 1. The fraction of sp³-hybridized carbons (Fsp3) is 0.533. The summed E-state index contributed by atoms with van der Waals surface area (Å²) in [6.07, 6.45) is 0. The third-order valence-electron chi connectivity index (χ3n) is 2.69. The minimum absolute atomic E-state index is 0.159. The first-order valence-electron chi connectivity index (χ1n) is 6.36. The predicted molar refractivity (Wildman–Crippen MR) is 74.1 cm³/mol. The molecule has 0 fully saturated rings. The van der Waals surface area contributed by atoms with Crippen molar-refractivity contribution in [2.75, 3.05) is 0 Å². The Hall–Kier alpha value is -1.51. The fourth-order valence-corrected chi connectivity index (χ4v) is 1.36. The second-order valence-corrected chi connectivity index (χ2v) is 4.37. The number of aryl methyl sites for hydroxylation is 1. The standard InChI is InChI=1S/C13H18O3.C2H6/c1-7(2)13(15)16-11-6-8(3)12(14)10(5)9(11)4;1-2/h6-7,14H,1-5H3;1-2H3. The Morgan fingerprint density at radius 2 is 1.67 bits per heavy atom. The first-order valence-corrected chi connectivity index (χ1v) is 6.36. The zero-order valence-corrected chi connectivity index (χ0v) is 12.4. The van der Waals surface area contributed by atoms with E-state index in [0.29, 0.717) is 5.75 Å². The van der Waals surface area contributed by atoms with Gasteiger partial charge in [-0.05, 0) is 43.5 Å². The number of hydrogen-bond donors (Lipinski definition) is 1. The Morgan fingerprint density at radius 3 is 2.11 bits per heavy atom. The summed E-state index contributed by atoms with van der Waals surface area (Å²) >= 11 is 0. The second-order valence-electron chi connectivity index (χ2n) is 4.37. The van der Waals surface area contributed by atoms with E-state index in [-0.39, 0.29) is 17.6 Å². The molecule has 1 N–H and O–H groups in total. The zero-order chi connectivity index (χ0) is 14.5. The molecule has 1 aromatic carbocycles. The Balaban J connectivity index is 0.00000137. The van der Waals surface area contributed by atoms with E-state index in [2.05, 4.69) is 0 Å². The predicted octanol–water partition coefficient (Wildman–Crippen LogP) is 3.91. The van der Waals surface area contributed by atoms with Gasteiger partial charge in [0.25, 0.3) is 0 Å². The molecule has 3 nitrogen and oxygen atoms in total. The molecule has 0 radical (unpaired) electrons. The topological polar surface area (TPSA) is 46.5 Å². The summed E-state index contributed by atoms with van der Waals surface area (Å²) in [5.41, 5.74) is 2.28. The van der Waals surface area contributed by atoms with Gasteiger partial charge in [0.15, 0.2) is 0 Å². The number of hydrogen-bond acceptors (Lipinski definition) is 3. The highest BCUT2D eigenvalue weighted by Gasteiger charge is 2.15. The van der Waals surface area contributed by atoms with Crippen molar-refractivity contribution in [1.82, 2.24) is 0 Å². The van der Waals surface area contributed by atoms with Crippen molar-refractivity contribution in [3.8, 4) is 11.5 Å². The lowest BCUT2D eigenvalue weighted by Crippen LogP contribution is -2.15. The van der Waals surface area contributed by atoms with Crippen LogP contribution < -0.4 is 4.74 Å². The van der Waals surface area contributed by atoms with Crippen LogP contribution in [0.5, 0.6) is 11.5 Å². The Labute approximate surface area is 110 Å². The van der Waals surface area contributed by atoms with E-state index in [4.69, 9.17) is 4.74 Å². The Kier molecular flexibility index (Phi) is 6.45. The van der Waals surface area contributed by atoms with Crippen molar-refractivity contribution in [3.05, 3.63) is 22.8 Å². The average Bonchev–Trinajstić information content (AvgIpc) is 2.35. The first kappa shape index (κ1) is 16.5. The molecule has 0 heterocycles. The van der Waals surface area contributed by atoms with Crippen LogP contribution in [0.2, 0.25) is 0 Å². The zero-order valence-electron chi connectivity index (χ0n) is 12.4. The number of esters is 1. The molecule has 0 bridgehead atoms. The molecule has 0 saturated heterocycles. The van der Waals surface area contributed by atoms with Crippen LogP contribution in [0.1, 0.15) is 44.4 Å². The van der Waals surface area contributed by atoms with Crippen molar-refractivity contribution in [2.45, 2.75) is 48.5 Å². The van der Waals surface area contributed by atoms with Crippen LogP contribution in [0.4, 0.5) is 0 Å². The lowest BCUT2D eigenvalue weighted by atomic mass is 10.0. The van der Waals surface area contributed by atoms with Gasteiger partial charge in [0.1, 0.15) is 11.5 Å². The van der Waals surface area contributed by atoms with Crippen LogP contribution in [0.3, 0.4) is 0 Å². The molecule has 1 aromatic rings. The number of rotatable bonds is 2. The van der Waals surface area contributed by atoms with E-state index in [0.717, 1.165) is 16.7 Å². The van der Waals surface area contributed by atoms with Crippen molar-refractivity contribution in [3.63, 3.8) is 0 Å². The molecule has 0 aromatic heterocycles. The van der Waals surface area contributed by atoms with Gasteiger partial charge in [0.2, 0.25) is 0 Å². The van der Waals surface area contributed by atoms with Crippen molar-refractivity contribution in [1.29, 1.82) is 0 Å². The SMILES string of the molecule is CC.Cc1cc(OC(=O)C(C)C)c(C)c(C)c1O. The molecule has 3 heteroatoms. The Bertz CT molecular complexity index is 420. The second kappa shape index (κ2) is 7.04. The van der Waals surface area contributed by atoms with Gasteiger partial charge in [-0.15, -0.1) is 0 Å².